The maximum absolute atomic E-state index is 13.1. The quantitative estimate of drug-likeness (QED) is 0.403. The van der Waals surface area contributed by atoms with Crippen molar-refractivity contribution in [3.05, 3.63) is 47.1 Å². The number of hydrogen-bond acceptors (Lipinski definition) is 6. The van der Waals surface area contributed by atoms with Gasteiger partial charge in [-0.3, -0.25) is 14.1 Å². The van der Waals surface area contributed by atoms with Crippen LogP contribution in [0.5, 0.6) is 11.6 Å². The monoisotopic (exact) mass is 447 g/mol. The van der Waals surface area contributed by atoms with Crippen molar-refractivity contribution in [1.82, 2.24) is 24.0 Å². The van der Waals surface area contributed by atoms with E-state index in [4.69, 9.17) is 9.47 Å². The van der Waals surface area contributed by atoms with E-state index >= 15 is 0 Å². The average Bonchev–Trinajstić information content (AvgIpc) is 2.96. The Kier molecular flexibility index (Phi) is 5.54. The van der Waals surface area contributed by atoms with E-state index in [1.165, 1.54) is 0 Å². The first kappa shape index (κ1) is 21.5. The second-order valence-corrected chi connectivity index (χ2v) is 8.80. The van der Waals surface area contributed by atoms with Gasteiger partial charge in [0.2, 0.25) is 5.88 Å². The molecule has 5 rings (SSSR count). The maximum atomic E-state index is 13.1. The number of pyridine rings is 2. The number of nitrogens with zero attached hydrogens (tertiary/aromatic N) is 5. The molecule has 0 aliphatic carbocycles. The molecule has 8 heteroatoms. The van der Waals surface area contributed by atoms with E-state index in [2.05, 4.69) is 21.8 Å². The number of benzene rings is 1. The van der Waals surface area contributed by atoms with Crippen LogP contribution in [0.25, 0.3) is 33.1 Å². The number of imidazole rings is 1. The summed E-state index contributed by atoms with van der Waals surface area (Å²) < 4.78 is 15.7. The fourth-order valence-electron chi connectivity index (χ4n) is 4.53. The Labute approximate surface area is 192 Å². The van der Waals surface area contributed by atoms with Gasteiger partial charge in [0.05, 0.1) is 40.8 Å². The van der Waals surface area contributed by atoms with Crippen LogP contribution in [0.3, 0.4) is 0 Å². The van der Waals surface area contributed by atoms with Crippen molar-refractivity contribution in [3.8, 4) is 22.8 Å². The van der Waals surface area contributed by atoms with E-state index in [0.717, 1.165) is 58.2 Å². The van der Waals surface area contributed by atoms with Gasteiger partial charge < -0.3 is 14.4 Å². The zero-order valence-electron chi connectivity index (χ0n) is 19.5. The van der Waals surface area contributed by atoms with Crippen LogP contribution >= 0.6 is 0 Å². The number of ether oxygens (including phenoxy) is 2. The van der Waals surface area contributed by atoms with Crippen molar-refractivity contribution in [3.63, 3.8) is 0 Å². The van der Waals surface area contributed by atoms with Gasteiger partial charge in [0.15, 0.2) is 0 Å². The second-order valence-electron chi connectivity index (χ2n) is 8.80. The zero-order valence-corrected chi connectivity index (χ0v) is 19.5. The summed E-state index contributed by atoms with van der Waals surface area (Å²) in [6.45, 7) is 4.11. The molecule has 0 fully saturated rings. The third-order valence-corrected chi connectivity index (χ3v) is 6.34. The molecule has 0 saturated heterocycles. The summed E-state index contributed by atoms with van der Waals surface area (Å²) in [5.74, 6) is 1.36. The molecule has 8 nitrogen and oxygen atoms in total. The molecule has 3 aromatic heterocycles. The number of rotatable bonds is 7. The van der Waals surface area contributed by atoms with Crippen LogP contribution in [0.2, 0.25) is 0 Å². The minimum Gasteiger partial charge on any atom is -0.490 e. The molecule has 0 unspecified atom stereocenters. The van der Waals surface area contributed by atoms with E-state index in [0.29, 0.717) is 19.1 Å². The normalized spacial score (nSPS) is 15.4. The largest absolute Gasteiger partial charge is 0.490 e. The Bertz CT molecular complexity index is 1370. The van der Waals surface area contributed by atoms with Crippen molar-refractivity contribution in [2.45, 2.75) is 25.8 Å². The Hall–Kier alpha value is -3.39. The molecule has 33 heavy (non-hydrogen) atoms. The van der Waals surface area contributed by atoms with Gasteiger partial charge in [0, 0.05) is 37.0 Å². The summed E-state index contributed by atoms with van der Waals surface area (Å²) in [5, 5.41) is 0.877. The first-order valence-electron chi connectivity index (χ1n) is 11.4. The van der Waals surface area contributed by atoms with E-state index in [1.807, 2.05) is 49.1 Å². The van der Waals surface area contributed by atoms with Crippen molar-refractivity contribution in [2.24, 2.45) is 7.05 Å². The topological polar surface area (TPSA) is 74.4 Å². The van der Waals surface area contributed by atoms with Gasteiger partial charge in [-0.25, -0.2) is 9.78 Å². The lowest BCUT2D eigenvalue weighted by atomic mass is 10.0. The predicted octanol–water partition coefficient (Wildman–Crippen LogP) is 3.62. The third kappa shape index (κ3) is 3.64. The molecule has 0 radical (unpaired) electrons. The zero-order chi connectivity index (χ0) is 23.1. The maximum Gasteiger partial charge on any atom is 0.329 e. The molecule has 0 amide bonds. The molecule has 1 aliphatic rings. The summed E-state index contributed by atoms with van der Waals surface area (Å²) in [6.07, 6.45) is 5.34. The van der Waals surface area contributed by atoms with Gasteiger partial charge in [0.25, 0.3) is 0 Å². The van der Waals surface area contributed by atoms with Gasteiger partial charge in [0.1, 0.15) is 12.4 Å². The molecule has 0 saturated carbocycles. The van der Waals surface area contributed by atoms with Gasteiger partial charge in [-0.2, -0.15) is 0 Å². The van der Waals surface area contributed by atoms with Gasteiger partial charge in [-0.15, -0.1) is 0 Å². The fraction of sp³-hybridized carbons (Fsp3) is 0.400. The van der Waals surface area contributed by atoms with Gasteiger partial charge >= 0.3 is 5.69 Å². The van der Waals surface area contributed by atoms with Crippen LogP contribution in [-0.2, 0) is 7.05 Å². The summed E-state index contributed by atoms with van der Waals surface area (Å²) in [5.41, 5.74) is 4.35. The molecule has 0 bridgehead atoms. The Morgan fingerprint density at radius 3 is 2.76 bits per heavy atom. The molecule has 0 N–H and O–H groups in total. The van der Waals surface area contributed by atoms with Crippen LogP contribution in [0.4, 0.5) is 0 Å². The van der Waals surface area contributed by atoms with Crippen molar-refractivity contribution in [1.29, 1.82) is 0 Å². The van der Waals surface area contributed by atoms with Crippen molar-refractivity contribution < 1.29 is 9.47 Å². The first-order chi connectivity index (χ1) is 16.0. The molecule has 1 atom stereocenters. The third-order valence-electron chi connectivity index (χ3n) is 6.34. The SMILES string of the molecule is CC[C@@H]1COc2c(-c3ccc(OCCCN(C)C)nc3)ccc3ncc4c(c23)n1c(=O)n4C. The Morgan fingerprint density at radius 1 is 1.18 bits per heavy atom. The first-order valence-corrected chi connectivity index (χ1v) is 11.4. The van der Waals surface area contributed by atoms with Crippen LogP contribution in [0, 0.1) is 0 Å². The van der Waals surface area contributed by atoms with Gasteiger partial charge in [-0.1, -0.05) is 6.92 Å². The van der Waals surface area contributed by atoms with E-state index < -0.39 is 0 Å². The average molecular weight is 448 g/mol. The minimum atomic E-state index is -0.0388. The molecule has 1 aliphatic heterocycles. The fourth-order valence-corrected chi connectivity index (χ4v) is 4.53. The van der Waals surface area contributed by atoms with E-state index in [9.17, 15) is 4.79 Å². The number of aromatic nitrogens is 4. The molecular formula is C25H29N5O3. The van der Waals surface area contributed by atoms with Crippen LogP contribution in [0.1, 0.15) is 25.8 Å². The predicted molar refractivity (Wildman–Crippen MR) is 129 cm³/mol. The second kappa shape index (κ2) is 8.51. The molecule has 4 aromatic rings. The van der Waals surface area contributed by atoms with Gasteiger partial charge in [-0.05, 0) is 45.1 Å². The van der Waals surface area contributed by atoms with E-state index in [-0.39, 0.29) is 11.7 Å². The molecule has 1 aromatic carbocycles. The highest BCUT2D eigenvalue weighted by atomic mass is 16.5. The molecule has 172 valence electrons. The summed E-state index contributed by atoms with van der Waals surface area (Å²) in [7, 11) is 5.90. The highest BCUT2D eigenvalue weighted by Gasteiger charge is 2.27. The summed E-state index contributed by atoms with van der Waals surface area (Å²) in [4.78, 5) is 24.3. The minimum absolute atomic E-state index is 0.0366. The Morgan fingerprint density at radius 2 is 2.03 bits per heavy atom. The lowest BCUT2D eigenvalue weighted by Gasteiger charge is -2.16. The number of hydrogen-bond donors (Lipinski definition) is 0. The summed E-state index contributed by atoms with van der Waals surface area (Å²) in [6, 6.07) is 7.86. The number of aryl methyl sites for hydroxylation is 1. The van der Waals surface area contributed by atoms with Crippen LogP contribution in [0.15, 0.2) is 41.5 Å². The lowest BCUT2D eigenvalue weighted by molar-refractivity contribution is 0.252. The smallest absolute Gasteiger partial charge is 0.329 e. The molecular weight excluding hydrogens is 418 g/mol. The van der Waals surface area contributed by atoms with Crippen molar-refractivity contribution in [2.75, 3.05) is 33.9 Å². The molecule has 4 heterocycles. The Balaban J connectivity index is 1.58. The van der Waals surface area contributed by atoms with Crippen molar-refractivity contribution >= 4 is 21.9 Å². The summed E-state index contributed by atoms with van der Waals surface area (Å²) >= 11 is 0. The lowest BCUT2D eigenvalue weighted by Crippen LogP contribution is -2.28. The standard InChI is InChI=1S/C25H29N5O3/c1-5-17-15-33-24-18(16-7-10-21(27-13-16)32-12-6-11-28(2)3)8-9-19-22(24)23-20(14-26-19)29(4)25(31)30(17)23/h7-10,13-14,17H,5-6,11-12,15H2,1-4H3/t17-/m1/s1. The molecule has 0 spiro atoms. The highest BCUT2D eigenvalue weighted by molar-refractivity contribution is 6.09. The van der Waals surface area contributed by atoms with Crippen LogP contribution < -0.4 is 15.2 Å². The van der Waals surface area contributed by atoms with E-state index in [1.54, 1.807) is 17.8 Å². The van der Waals surface area contributed by atoms with Crippen LogP contribution in [-0.4, -0.2) is 57.9 Å². The highest BCUT2D eigenvalue weighted by Crippen LogP contribution is 2.42.